The fraction of sp³-hybridized carbons (Fsp3) is 0.667. The van der Waals surface area contributed by atoms with Crippen molar-refractivity contribution in [3.05, 3.63) is 29.8 Å². The number of hydrogen-bond acceptors (Lipinski definition) is 4. The van der Waals surface area contributed by atoms with Crippen LogP contribution in [-0.2, 0) is 16.6 Å². The van der Waals surface area contributed by atoms with Crippen LogP contribution in [0.25, 0.3) is 0 Å². The molecular formula is C21H36N4O3S. The van der Waals surface area contributed by atoms with Crippen molar-refractivity contribution in [3.63, 3.8) is 0 Å². The Hall–Kier alpha value is -1.64. The number of sulfonamides is 1. The van der Waals surface area contributed by atoms with Gasteiger partial charge in [0.15, 0.2) is 0 Å². The fourth-order valence-electron chi connectivity index (χ4n) is 3.65. The number of urea groups is 1. The molecule has 1 aliphatic rings. The molecule has 0 aromatic heterocycles. The maximum Gasteiger partial charge on any atom is 0.315 e. The maximum atomic E-state index is 12.5. The van der Waals surface area contributed by atoms with E-state index in [1.54, 1.807) is 24.3 Å². The summed E-state index contributed by atoms with van der Waals surface area (Å²) in [6.07, 6.45) is 3.87. The zero-order valence-corrected chi connectivity index (χ0v) is 18.8. The van der Waals surface area contributed by atoms with Gasteiger partial charge in [0.05, 0.1) is 4.90 Å². The van der Waals surface area contributed by atoms with Gasteiger partial charge in [-0.3, -0.25) is 0 Å². The molecule has 29 heavy (non-hydrogen) atoms. The zero-order chi connectivity index (χ0) is 21.3. The van der Waals surface area contributed by atoms with Gasteiger partial charge in [-0.2, -0.15) is 4.31 Å². The van der Waals surface area contributed by atoms with Crippen LogP contribution in [0.1, 0.15) is 45.6 Å². The molecule has 1 unspecified atom stereocenters. The molecule has 2 N–H and O–H groups in total. The molecule has 7 nitrogen and oxygen atoms in total. The lowest BCUT2D eigenvalue weighted by Gasteiger charge is -2.29. The van der Waals surface area contributed by atoms with Gasteiger partial charge in [0.25, 0.3) is 0 Å². The predicted octanol–water partition coefficient (Wildman–Crippen LogP) is 2.64. The lowest BCUT2D eigenvalue weighted by atomic mass is 10.1. The van der Waals surface area contributed by atoms with Crippen LogP contribution in [0, 0.1) is 5.92 Å². The number of rotatable bonds is 10. The van der Waals surface area contributed by atoms with E-state index < -0.39 is 10.0 Å². The maximum absolute atomic E-state index is 12.5. The highest BCUT2D eigenvalue weighted by molar-refractivity contribution is 7.89. The predicted molar refractivity (Wildman–Crippen MR) is 116 cm³/mol. The molecule has 1 saturated heterocycles. The minimum Gasteiger partial charge on any atom is -0.338 e. The zero-order valence-electron chi connectivity index (χ0n) is 18.0. The van der Waals surface area contributed by atoms with Crippen LogP contribution in [0.3, 0.4) is 0 Å². The first-order valence-corrected chi connectivity index (χ1v) is 12.1. The number of likely N-dealkylation sites (tertiary alicyclic amines) is 1. The second-order valence-corrected chi connectivity index (χ2v) is 9.70. The van der Waals surface area contributed by atoms with Crippen molar-refractivity contribution in [3.8, 4) is 0 Å². The lowest BCUT2D eigenvalue weighted by Crippen LogP contribution is -2.41. The average molecular weight is 425 g/mol. The van der Waals surface area contributed by atoms with Gasteiger partial charge in [-0.1, -0.05) is 39.3 Å². The number of carbonyl (C=O) groups is 1. The number of benzene rings is 1. The van der Waals surface area contributed by atoms with Crippen molar-refractivity contribution >= 4 is 16.1 Å². The molecule has 0 spiro atoms. The summed E-state index contributed by atoms with van der Waals surface area (Å²) in [7, 11) is -3.45. The van der Waals surface area contributed by atoms with Crippen LogP contribution in [0.2, 0.25) is 0 Å². The van der Waals surface area contributed by atoms with Crippen LogP contribution in [0.5, 0.6) is 0 Å². The number of nitrogens with one attached hydrogen (secondary N) is 2. The Labute approximate surface area is 175 Å². The Kier molecular flexibility index (Phi) is 9.39. The van der Waals surface area contributed by atoms with Gasteiger partial charge < -0.3 is 15.5 Å². The van der Waals surface area contributed by atoms with Gasteiger partial charge in [0, 0.05) is 32.7 Å². The van der Waals surface area contributed by atoms with Crippen LogP contribution < -0.4 is 10.6 Å². The van der Waals surface area contributed by atoms with Crippen molar-refractivity contribution in [2.24, 2.45) is 5.92 Å². The first-order chi connectivity index (χ1) is 13.9. The lowest BCUT2D eigenvalue weighted by molar-refractivity contribution is 0.197. The summed E-state index contributed by atoms with van der Waals surface area (Å²) < 4.78 is 26.4. The van der Waals surface area contributed by atoms with E-state index in [1.165, 1.54) is 23.6 Å². The van der Waals surface area contributed by atoms with E-state index >= 15 is 0 Å². The topological polar surface area (TPSA) is 81.8 Å². The van der Waals surface area contributed by atoms with Crippen LogP contribution in [-0.4, -0.2) is 62.9 Å². The second kappa shape index (κ2) is 11.5. The SMILES string of the molecule is CCN(CC)S(=O)(=O)c1ccc(CNC(=O)NCC(C)CN2CCCCC2)cc1. The highest BCUT2D eigenvalue weighted by Gasteiger charge is 2.21. The average Bonchev–Trinajstić information content (AvgIpc) is 2.72. The third-order valence-corrected chi connectivity index (χ3v) is 7.41. The van der Waals surface area contributed by atoms with Crippen molar-refractivity contribution in [2.75, 3.05) is 39.3 Å². The van der Waals surface area contributed by atoms with E-state index in [2.05, 4.69) is 22.5 Å². The number of amides is 2. The molecule has 0 saturated carbocycles. The van der Waals surface area contributed by atoms with Crippen molar-refractivity contribution in [1.29, 1.82) is 0 Å². The van der Waals surface area contributed by atoms with Crippen molar-refractivity contribution in [1.82, 2.24) is 19.8 Å². The molecule has 8 heteroatoms. The molecule has 1 aliphatic heterocycles. The Morgan fingerprint density at radius 3 is 2.28 bits per heavy atom. The first kappa shape index (κ1) is 23.6. The molecule has 0 radical (unpaired) electrons. The monoisotopic (exact) mass is 424 g/mol. The minimum atomic E-state index is -3.45. The fourth-order valence-corrected chi connectivity index (χ4v) is 5.11. The third-order valence-electron chi connectivity index (χ3n) is 5.35. The van der Waals surface area contributed by atoms with E-state index in [9.17, 15) is 13.2 Å². The van der Waals surface area contributed by atoms with Gasteiger partial charge >= 0.3 is 6.03 Å². The normalized spacial score (nSPS) is 16.6. The third kappa shape index (κ3) is 7.28. The van der Waals surface area contributed by atoms with Crippen LogP contribution in [0.15, 0.2) is 29.2 Å². The molecule has 164 valence electrons. The van der Waals surface area contributed by atoms with Gasteiger partial charge in [-0.25, -0.2) is 13.2 Å². The Morgan fingerprint density at radius 2 is 1.69 bits per heavy atom. The van der Waals surface area contributed by atoms with E-state index in [-0.39, 0.29) is 10.9 Å². The molecule has 0 aliphatic carbocycles. The van der Waals surface area contributed by atoms with Crippen molar-refractivity contribution < 1.29 is 13.2 Å². The molecular weight excluding hydrogens is 388 g/mol. The summed E-state index contributed by atoms with van der Waals surface area (Å²) in [5.74, 6) is 0.406. The summed E-state index contributed by atoms with van der Waals surface area (Å²) >= 11 is 0. The highest BCUT2D eigenvalue weighted by Crippen LogP contribution is 2.16. The van der Waals surface area contributed by atoms with Crippen molar-refractivity contribution in [2.45, 2.75) is 51.5 Å². The standard InChI is InChI=1S/C21H36N4O3S/c1-4-25(5-2)29(27,28)20-11-9-19(10-12-20)16-23-21(26)22-15-18(3)17-24-13-7-6-8-14-24/h9-12,18H,4-8,13-17H2,1-3H3,(H2,22,23,26). The van der Waals surface area contributed by atoms with E-state index in [0.717, 1.165) is 25.2 Å². The summed E-state index contributed by atoms with van der Waals surface area (Å²) in [4.78, 5) is 14.8. The number of nitrogens with zero attached hydrogens (tertiary/aromatic N) is 2. The van der Waals surface area contributed by atoms with E-state index in [0.29, 0.717) is 32.1 Å². The molecule has 1 heterocycles. The smallest absolute Gasteiger partial charge is 0.315 e. The molecule has 1 fully saturated rings. The Bertz CT molecular complexity index is 727. The Morgan fingerprint density at radius 1 is 1.07 bits per heavy atom. The largest absolute Gasteiger partial charge is 0.338 e. The molecule has 2 rings (SSSR count). The van der Waals surface area contributed by atoms with Crippen LogP contribution in [0.4, 0.5) is 4.79 Å². The summed E-state index contributed by atoms with van der Waals surface area (Å²) in [6.45, 7) is 11.0. The molecule has 1 aromatic rings. The molecule has 1 atom stereocenters. The number of piperidine rings is 1. The summed E-state index contributed by atoms with van der Waals surface area (Å²) in [5.41, 5.74) is 0.861. The molecule has 1 aromatic carbocycles. The number of hydrogen-bond donors (Lipinski definition) is 2. The van der Waals surface area contributed by atoms with Gasteiger partial charge in [-0.05, 0) is 49.5 Å². The van der Waals surface area contributed by atoms with E-state index in [4.69, 9.17) is 0 Å². The van der Waals surface area contributed by atoms with E-state index in [1.807, 2.05) is 13.8 Å². The first-order valence-electron chi connectivity index (χ1n) is 10.7. The quantitative estimate of drug-likeness (QED) is 0.605. The summed E-state index contributed by atoms with van der Waals surface area (Å²) in [5, 5.41) is 5.77. The van der Waals surface area contributed by atoms with Gasteiger partial charge in [-0.15, -0.1) is 0 Å². The van der Waals surface area contributed by atoms with Gasteiger partial charge in [0.2, 0.25) is 10.0 Å². The van der Waals surface area contributed by atoms with Gasteiger partial charge in [0.1, 0.15) is 0 Å². The Balaban J connectivity index is 1.75. The highest BCUT2D eigenvalue weighted by atomic mass is 32.2. The van der Waals surface area contributed by atoms with Crippen LogP contribution >= 0.6 is 0 Å². The second-order valence-electron chi connectivity index (χ2n) is 7.76. The minimum absolute atomic E-state index is 0.199. The summed E-state index contributed by atoms with van der Waals surface area (Å²) in [6, 6.07) is 6.49. The number of carbonyl (C=O) groups excluding carboxylic acids is 1. The molecule has 2 amide bonds. The molecule has 0 bridgehead atoms.